The van der Waals surface area contributed by atoms with Crippen LogP contribution in [0.2, 0.25) is 0 Å². The number of hydrogen-bond donors (Lipinski definition) is 1. The van der Waals surface area contributed by atoms with E-state index in [1.54, 1.807) is 0 Å². The van der Waals surface area contributed by atoms with Gasteiger partial charge in [0.2, 0.25) is 0 Å². The minimum atomic E-state index is 0.00413. The van der Waals surface area contributed by atoms with Crippen LogP contribution in [-0.2, 0) is 9.53 Å². The first-order valence-corrected chi connectivity index (χ1v) is 14.2. The van der Waals surface area contributed by atoms with Crippen LogP contribution in [0.5, 0.6) is 0 Å². The second-order valence-electron chi connectivity index (χ2n) is 11.8. The third kappa shape index (κ3) is 16.1. The third-order valence-corrected chi connectivity index (χ3v) is 6.94. The maximum atomic E-state index is 12.3. The summed E-state index contributed by atoms with van der Waals surface area (Å²) in [5, 5.41) is 3.65. The molecule has 0 aromatic heterocycles. The molecular formula is C29H57NO2. The summed E-state index contributed by atoms with van der Waals surface area (Å²) in [5.74, 6) is 0.00413. The fraction of sp³-hybridized carbons (Fsp3) is 0.966. The van der Waals surface area contributed by atoms with Crippen molar-refractivity contribution in [2.24, 2.45) is 0 Å². The van der Waals surface area contributed by atoms with Crippen LogP contribution >= 0.6 is 0 Å². The van der Waals surface area contributed by atoms with Gasteiger partial charge in [-0.2, -0.15) is 0 Å². The first kappa shape index (κ1) is 29.5. The van der Waals surface area contributed by atoms with Crippen molar-refractivity contribution in [3.05, 3.63) is 0 Å². The zero-order valence-corrected chi connectivity index (χ0v) is 22.5. The van der Waals surface area contributed by atoms with E-state index < -0.39 is 0 Å². The van der Waals surface area contributed by atoms with Crippen molar-refractivity contribution in [2.45, 2.75) is 180 Å². The molecule has 32 heavy (non-hydrogen) atoms. The van der Waals surface area contributed by atoms with Crippen LogP contribution in [0.15, 0.2) is 0 Å². The molecule has 1 N–H and O–H groups in total. The summed E-state index contributed by atoms with van der Waals surface area (Å²) in [4.78, 5) is 12.3. The van der Waals surface area contributed by atoms with E-state index in [0.29, 0.717) is 6.42 Å². The monoisotopic (exact) mass is 451 g/mol. The molecular weight excluding hydrogens is 394 g/mol. The van der Waals surface area contributed by atoms with Gasteiger partial charge in [-0.1, -0.05) is 110 Å². The number of ether oxygens (including phenoxy) is 1. The van der Waals surface area contributed by atoms with Gasteiger partial charge in [0.25, 0.3) is 0 Å². The van der Waals surface area contributed by atoms with Gasteiger partial charge in [0.15, 0.2) is 0 Å². The van der Waals surface area contributed by atoms with Gasteiger partial charge < -0.3 is 10.1 Å². The molecule has 0 radical (unpaired) electrons. The molecule has 0 aromatic rings. The maximum Gasteiger partial charge on any atom is 0.306 e. The van der Waals surface area contributed by atoms with Crippen LogP contribution in [0, 0.1) is 0 Å². The molecule has 1 fully saturated rings. The van der Waals surface area contributed by atoms with Crippen LogP contribution in [-0.4, -0.2) is 23.2 Å². The topological polar surface area (TPSA) is 38.3 Å². The van der Waals surface area contributed by atoms with Gasteiger partial charge in [-0.25, -0.2) is 0 Å². The fourth-order valence-electron chi connectivity index (χ4n) is 5.55. The Morgan fingerprint density at radius 3 is 1.38 bits per heavy atom. The Morgan fingerprint density at radius 1 is 0.656 bits per heavy atom. The molecule has 1 rings (SSSR count). The summed E-state index contributed by atoms with van der Waals surface area (Å²) in [6.45, 7) is 11.1. The number of unbranched alkanes of at least 4 members (excludes halogenated alkanes) is 16. The van der Waals surface area contributed by atoms with Gasteiger partial charge in [0, 0.05) is 30.3 Å². The number of rotatable bonds is 19. The average Bonchev–Trinajstić information content (AvgIpc) is 2.68. The second-order valence-corrected chi connectivity index (χ2v) is 11.8. The lowest BCUT2D eigenvalue weighted by molar-refractivity contribution is -0.153. The molecule has 190 valence electrons. The molecule has 0 spiro atoms. The van der Waals surface area contributed by atoms with Crippen LogP contribution < -0.4 is 5.32 Å². The van der Waals surface area contributed by atoms with Crippen LogP contribution in [0.1, 0.15) is 163 Å². The second kappa shape index (κ2) is 17.0. The summed E-state index contributed by atoms with van der Waals surface area (Å²) in [5.41, 5.74) is 0.0567. The molecule has 1 aliphatic heterocycles. The van der Waals surface area contributed by atoms with Gasteiger partial charge >= 0.3 is 5.97 Å². The van der Waals surface area contributed by atoms with E-state index in [1.807, 2.05) is 0 Å². The van der Waals surface area contributed by atoms with Crippen molar-refractivity contribution >= 4 is 5.97 Å². The molecule has 1 heterocycles. The highest BCUT2D eigenvalue weighted by Gasteiger charge is 2.39. The number of piperidine rings is 1. The van der Waals surface area contributed by atoms with E-state index in [2.05, 4.69) is 39.9 Å². The SMILES string of the molecule is CCCCCCCCCCCCCCCCCCCC(=O)OC1CC(C)(C)NC(C)(C)C1. The first-order valence-electron chi connectivity index (χ1n) is 14.2. The summed E-state index contributed by atoms with van der Waals surface area (Å²) in [7, 11) is 0. The third-order valence-electron chi connectivity index (χ3n) is 6.94. The Labute approximate surface area is 201 Å². The number of carbonyl (C=O) groups is 1. The molecule has 0 atom stereocenters. The minimum absolute atomic E-state index is 0.00413. The first-order chi connectivity index (χ1) is 15.2. The lowest BCUT2D eigenvalue weighted by atomic mass is 9.81. The number of esters is 1. The number of carbonyl (C=O) groups excluding carboxylic acids is 1. The standard InChI is InChI=1S/C29H57NO2/c1-6-7-8-9-10-11-12-13-14-15-16-17-18-19-20-21-22-23-27(31)32-26-24-28(2,3)30-29(4,5)25-26/h26,30H,6-25H2,1-5H3. The molecule has 0 saturated carbocycles. The van der Waals surface area contributed by atoms with E-state index in [1.165, 1.54) is 96.3 Å². The van der Waals surface area contributed by atoms with Crippen LogP contribution in [0.3, 0.4) is 0 Å². The van der Waals surface area contributed by atoms with Crippen LogP contribution in [0.4, 0.5) is 0 Å². The van der Waals surface area contributed by atoms with Crippen molar-refractivity contribution in [1.82, 2.24) is 5.32 Å². The van der Waals surface area contributed by atoms with Gasteiger partial charge in [0.1, 0.15) is 6.10 Å². The van der Waals surface area contributed by atoms with Crippen molar-refractivity contribution in [1.29, 1.82) is 0 Å². The largest absolute Gasteiger partial charge is 0.462 e. The van der Waals surface area contributed by atoms with Crippen molar-refractivity contribution in [3.63, 3.8) is 0 Å². The minimum Gasteiger partial charge on any atom is -0.462 e. The van der Waals surface area contributed by atoms with Crippen LogP contribution in [0.25, 0.3) is 0 Å². The molecule has 0 bridgehead atoms. The molecule has 1 saturated heterocycles. The van der Waals surface area contributed by atoms with E-state index >= 15 is 0 Å². The van der Waals surface area contributed by atoms with E-state index in [9.17, 15) is 4.79 Å². The zero-order valence-electron chi connectivity index (χ0n) is 22.5. The average molecular weight is 452 g/mol. The van der Waals surface area contributed by atoms with Gasteiger partial charge in [0.05, 0.1) is 0 Å². The Morgan fingerprint density at radius 2 is 1.00 bits per heavy atom. The summed E-state index contributed by atoms with van der Waals surface area (Å²) in [6.07, 6.45) is 25.6. The Kier molecular flexibility index (Phi) is 15.6. The predicted octanol–water partition coefficient (Wildman–Crippen LogP) is 8.88. The van der Waals surface area contributed by atoms with Gasteiger partial charge in [-0.15, -0.1) is 0 Å². The molecule has 1 aliphatic rings. The maximum absolute atomic E-state index is 12.3. The molecule has 0 aliphatic carbocycles. The predicted molar refractivity (Wildman–Crippen MR) is 139 cm³/mol. The highest BCUT2D eigenvalue weighted by atomic mass is 16.5. The Bertz CT molecular complexity index is 456. The highest BCUT2D eigenvalue weighted by molar-refractivity contribution is 5.69. The normalized spacial score (nSPS) is 18.0. The summed E-state index contributed by atoms with van der Waals surface area (Å²) in [6, 6.07) is 0. The van der Waals surface area contributed by atoms with E-state index in [-0.39, 0.29) is 23.2 Å². The number of nitrogens with one attached hydrogen (secondary N) is 1. The smallest absolute Gasteiger partial charge is 0.306 e. The summed E-state index contributed by atoms with van der Waals surface area (Å²) >= 11 is 0. The van der Waals surface area contributed by atoms with Crippen molar-refractivity contribution in [2.75, 3.05) is 0 Å². The lowest BCUT2D eigenvalue weighted by Gasteiger charge is -2.45. The number of hydrogen-bond acceptors (Lipinski definition) is 3. The van der Waals surface area contributed by atoms with E-state index in [0.717, 1.165) is 25.7 Å². The molecule has 0 amide bonds. The van der Waals surface area contributed by atoms with E-state index in [4.69, 9.17) is 4.74 Å². The summed E-state index contributed by atoms with van der Waals surface area (Å²) < 4.78 is 5.81. The van der Waals surface area contributed by atoms with Gasteiger partial charge in [-0.3, -0.25) is 4.79 Å². The Balaban J connectivity index is 1.86. The van der Waals surface area contributed by atoms with Crippen molar-refractivity contribution in [3.8, 4) is 0 Å². The Hall–Kier alpha value is -0.570. The molecule has 3 heteroatoms. The van der Waals surface area contributed by atoms with Gasteiger partial charge in [-0.05, 0) is 34.1 Å². The molecule has 0 aromatic carbocycles. The zero-order chi connectivity index (χ0) is 23.7. The van der Waals surface area contributed by atoms with Crippen molar-refractivity contribution < 1.29 is 9.53 Å². The molecule has 3 nitrogen and oxygen atoms in total. The fourth-order valence-corrected chi connectivity index (χ4v) is 5.55. The molecule has 0 unspecified atom stereocenters. The quantitative estimate of drug-likeness (QED) is 0.157. The lowest BCUT2D eigenvalue weighted by Crippen LogP contribution is -2.59. The highest BCUT2D eigenvalue weighted by Crippen LogP contribution is 2.30.